The van der Waals surface area contributed by atoms with Crippen molar-refractivity contribution in [3.8, 4) is 0 Å². The Morgan fingerprint density at radius 1 is 1.57 bits per heavy atom. The van der Waals surface area contributed by atoms with E-state index in [2.05, 4.69) is 53.3 Å². The quantitative estimate of drug-likeness (QED) is 0.846. The first kappa shape index (κ1) is 10.4. The first-order chi connectivity index (χ1) is 6.77. The summed E-state index contributed by atoms with van der Waals surface area (Å²) in [5, 5.41) is 2.08. The van der Waals surface area contributed by atoms with E-state index in [1.807, 2.05) is 6.20 Å². The predicted molar refractivity (Wildman–Crippen MR) is 66.0 cm³/mol. The number of hydrogen-bond donors (Lipinski definition) is 1. The third-order valence-electron chi connectivity index (χ3n) is 1.86. The number of imidazole rings is 1. The summed E-state index contributed by atoms with van der Waals surface area (Å²) >= 11 is 8.92. The van der Waals surface area contributed by atoms with Gasteiger partial charge in [-0.2, -0.15) is 0 Å². The van der Waals surface area contributed by atoms with Crippen molar-refractivity contribution < 1.29 is 0 Å². The molecule has 0 saturated heterocycles. The van der Waals surface area contributed by atoms with E-state index in [9.17, 15) is 0 Å². The highest BCUT2D eigenvalue weighted by Crippen LogP contribution is 2.35. The summed E-state index contributed by atoms with van der Waals surface area (Å²) in [5.41, 5.74) is 0. The van der Waals surface area contributed by atoms with E-state index < -0.39 is 0 Å². The van der Waals surface area contributed by atoms with Crippen LogP contribution < -0.4 is 0 Å². The van der Waals surface area contributed by atoms with Gasteiger partial charge in [0.25, 0.3) is 0 Å². The summed E-state index contributed by atoms with van der Waals surface area (Å²) in [4.78, 5) is 8.93. The lowest BCUT2D eigenvalue weighted by molar-refractivity contribution is 0.886. The number of aromatic amines is 1. The number of rotatable bonds is 3. The van der Waals surface area contributed by atoms with Crippen LogP contribution >= 0.6 is 43.2 Å². The minimum absolute atomic E-state index is 0.322. The lowest BCUT2D eigenvalue weighted by Crippen LogP contribution is -1.95. The van der Waals surface area contributed by atoms with Crippen LogP contribution in [0.1, 0.15) is 15.5 Å². The molecule has 0 radical (unpaired) electrons. The van der Waals surface area contributed by atoms with Gasteiger partial charge in [-0.05, 0) is 27.4 Å². The molecule has 14 heavy (non-hydrogen) atoms. The Morgan fingerprint density at radius 3 is 3.00 bits per heavy atom. The van der Waals surface area contributed by atoms with Crippen LogP contribution in [0.3, 0.4) is 0 Å². The van der Waals surface area contributed by atoms with E-state index in [4.69, 9.17) is 0 Å². The summed E-state index contributed by atoms with van der Waals surface area (Å²) in [7, 11) is 0. The molecule has 2 rings (SSSR count). The fraction of sp³-hybridized carbons (Fsp3) is 0.222. The number of nitrogens with one attached hydrogen (secondary N) is 1. The highest BCUT2D eigenvalue weighted by Gasteiger charge is 2.14. The molecular weight excluding hydrogens is 328 g/mol. The summed E-state index contributed by atoms with van der Waals surface area (Å²) in [5.74, 6) is 1.01. The third-order valence-corrected chi connectivity index (χ3v) is 4.93. The van der Waals surface area contributed by atoms with Gasteiger partial charge in [-0.3, -0.25) is 0 Å². The van der Waals surface area contributed by atoms with Crippen LogP contribution in [-0.2, 0) is 6.42 Å². The number of halogens is 2. The van der Waals surface area contributed by atoms with Gasteiger partial charge in [0.1, 0.15) is 5.82 Å². The zero-order chi connectivity index (χ0) is 9.97. The van der Waals surface area contributed by atoms with E-state index in [-0.39, 0.29) is 0 Å². The lowest BCUT2D eigenvalue weighted by Gasteiger charge is -2.05. The first-order valence-corrected chi connectivity index (χ1v) is 6.71. The molecule has 0 aliphatic heterocycles. The number of H-pyrrole nitrogens is 1. The molecule has 1 unspecified atom stereocenters. The molecule has 2 nitrogen and oxygen atoms in total. The Balaban J connectivity index is 2.10. The van der Waals surface area contributed by atoms with Crippen LogP contribution in [0.25, 0.3) is 0 Å². The topological polar surface area (TPSA) is 28.7 Å². The summed E-state index contributed by atoms with van der Waals surface area (Å²) in [6.45, 7) is 0. The van der Waals surface area contributed by atoms with E-state index in [1.165, 1.54) is 4.88 Å². The van der Waals surface area contributed by atoms with Crippen molar-refractivity contribution in [3.63, 3.8) is 0 Å². The minimum Gasteiger partial charge on any atom is -0.349 e. The van der Waals surface area contributed by atoms with E-state index in [0.717, 1.165) is 16.7 Å². The fourth-order valence-electron chi connectivity index (χ4n) is 1.20. The van der Waals surface area contributed by atoms with E-state index in [0.29, 0.717) is 4.83 Å². The number of alkyl halides is 1. The molecule has 0 amide bonds. The van der Waals surface area contributed by atoms with Crippen molar-refractivity contribution in [1.29, 1.82) is 0 Å². The summed E-state index contributed by atoms with van der Waals surface area (Å²) in [6, 6.07) is 2.07. The Bertz CT molecular complexity index is 397. The predicted octanol–water partition coefficient (Wildman–Crippen LogP) is 3.91. The van der Waals surface area contributed by atoms with Crippen molar-refractivity contribution in [3.05, 3.63) is 39.0 Å². The molecule has 0 aliphatic carbocycles. The molecule has 0 aliphatic rings. The first-order valence-electron chi connectivity index (χ1n) is 4.12. The van der Waals surface area contributed by atoms with E-state index in [1.54, 1.807) is 17.5 Å². The molecule has 0 aromatic carbocycles. The Morgan fingerprint density at radius 2 is 2.43 bits per heavy atom. The van der Waals surface area contributed by atoms with Crippen molar-refractivity contribution in [1.82, 2.24) is 9.97 Å². The number of aromatic nitrogens is 2. The van der Waals surface area contributed by atoms with Gasteiger partial charge < -0.3 is 4.98 Å². The molecule has 2 heterocycles. The van der Waals surface area contributed by atoms with Crippen LogP contribution in [0, 0.1) is 0 Å². The van der Waals surface area contributed by atoms with Crippen molar-refractivity contribution >= 4 is 43.2 Å². The molecule has 2 aromatic rings. The highest BCUT2D eigenvalue weighted by atomic mass is 79.9. The average molecular weight is 336 g/mol. The molecule has 0 fully saturated rings. The maximum absolute atomic E-state index is 4.20. The average Bonchev–Trinajstić information content (AvgIpc) is 2.75. The van der Waals surface area contributed by atoms with Gasteiger partial charge in [0.05, 0.1) is 4.83 Å². The number of nitrogens with zero attached hydrogens (tertiary/aromatic N) is 1. The maximum Gasteiger partial charge on any atom is 0.107 e. The van der Waals surface area contributed by atoms with Gasteiger partial charge in [0.15, 0.2) is 0 Å². The van der Waals surface area contributed by atoms with Gasteiger partial charge in [0.2, 0.25) is 0 Å². The van der Waals surface area contributed by atoms with Crippen molar-refractivity contribution in [2.75, 3.05) is 0 Å². The van der Waals surface area contributed by atoms with Crippen LogP contribution in [-0.4, -0.2) is 9.97 Å². The summed E-state index contributed by atoms with van der Waals surface area (Å²) in [6.07, 6.45) is 4.50. The Hall–Kier alpha value is -0.130. The smallest absolute Gasteiger partial charge is 0.107 e. The zero-order valence-electron chi connectivity index (χ0n) is 7.21. The molecule has 2 aromatic heterocycles. The molecule has 74 valence electrons. The van der Waals surface area contributed by atoms with Crippen LogP contribution in [0.2, 0.25) is 0 Å². The standard InChI is InChI=1S/C9H8Br2N2S/c10-6-1-4-14-9(6)7(11)5-8-12-2-3-13-8/h1-4,7H,5H2,(H,12,13). The Labute approximate surface area is 103 Å². The molecule has 5 heteroatoms. The number of thiophene rings is 1. The van der Waals surface area contributed by atoms with Gasteiger partial charge >= 0.3 is 0 Å². The second-order valence-electron chi connectivity index (χ2n) is 2.84. The normalized spacial score (nSPS) is 13.0. The zero-order valence-corrected chi connectivity index (χ0v) is 11.2. The van der Waals surface area contributed by atoms with Crippen LogP contribution in [0.5, 0.6) is 0 Å². The van der Waals surface area contributed by atoms with Gasteiger partial charge in [-0.25, -0.2) is 4.98 Å². The largest absolute Gasteiger partial charge is 0.349 e. The monoisotopic (exact) mass is 334 g/mol. The van der Waals surface area contributed by atoms with Gasteiger partial charge in [-0.1, -0.05) is 15.9 Å². The van der Waals surface area contributed by atoms with Crippen LogP contribution in [0.4, 0.5) is 0 Å². The summed E-state index contributed by atoms with van der Waals surface area (Å²) < 4.78 is 1.16. The molecule has 0 spiro atoms. The lowest BCUT2D eigenvalue weighted by atomic mass is 10.2. The van der Waals surface area contributed by atoms with E-state index >= 15 is 0 Å². The maximum atomic E-state index is 4.20. The van der Waals surface area contributed by atoms with Gasteiger partial charge in [0, 0.05) is 28.2 Å². The second-order valence-corrected chi connectivity index (χ2v) is 5.75. The second kappa shape index (κ2) is 4.59. The molecule has 1 N–H and O–H groups in total. The van der Waals surface area contributed by atoms with Gasteiger partial charge in [-0.15, -0.1) is 11.3 Å². The molecular formula is C9H8Br2N2S. The SMILES string of the molecule is Brc1ccsc1C(Br)Cc1ncc[nH]1. The molecule has 0 saturated carbocycles. The highest BCUT2D eigenvalue weighted by molar-refractivity contribution is 9.11. The third kappa shape index (κ3) is 2.27. The molecule has 0 bridgehead atoms. The molecule has 1 atom stereocenters. The minimum atomic E-state index is 0.322. The van der Waals surface area contributed by atoms with Crippen molar-refractivity contribution in [2.24, 2.45) is 0 Å². The van der Waals surface area contributed by atoms with Crippen molar-refractivity contribution in [2.45, 2.75) is 11.2 Å². The number of hydrogen-bond acceptors (Lipinski definition) is 2. The fourth-order valence-corrected chi connectivity index (χ4v) is 4.01. The Kier molecular flexibility index (Phi) is 3.41. The van der Waals surface area contributed by atoms with Crippen LogP contribution in [0.15, 0.2) is 28.3 Å².